The first-order valence-electron chi connectivity index (χ1n) is 9.44. The Morgan fingerprint density at radius 2 is 1.61 bits per heavy atom. The van der Waals surface area contributed by atoms with Gasteiger partial charge in [0.2, 0.25) is 10.7 Å². The van der Waals surface area contributed by atoms with E-state index in [9.17, 15) is 4.79 Å². The fourth-order valence-electron chi connectivity index (χ4n) is 3.28. The van der Waals surface area contributed by atoms with Crippen LogP contribution in [0.1, 0.15) is 5.56 Å². The normalized spacial score (nSPS) is 11.7. The molecule has 0 aliphatic rings. The molecule has 0 aliphatic heterocycles. The van der Waals surface area contributed by atoms with Crippen LogP contribution in [0.15, 0.2) is 41.2 Å². The highest BCUT2D eigenvalue weighted by Gasteiger charge is 2.19. The van der Waals surface area contributed by atoms with E-state index in [4.69, 9.17) is 14.2 Å². The van der Waals surface area contributed by atoms with Crippen molar-refractivity contribution in [2.24, 2.45) is 0 Å². The molecule has 0 radical (unpaired) electrons. The maximum atomic E-state index is 13.2. The zero-order valence-corrected chi connectivity index (χ0v) is 18.7. The Bertz CT molecular complexity index is 1320. The van der Waals surface area contributed by atoms with Gasteiger partial charge in [-0.2, -0.15) is 0 Å². The Morgan fingerprint density at radius 3 is 2.16 bits per heavy atom. The fourth-order valence-corrected chi connectivity index (χ4v) is 4.19. The zero-order chi connectivity index (χ0) is 22.1. The van der Waals surface area contributed by atoms with Crippen LogP contribution in [0.25, 0.3) is 22.4 Å². The SMILES string of the molecule is COc1cc(-c2nnc3s/c(=C\c4ccc(N(C)C)cc4)c(=O)n23)cc(OC)c1OC. The molecule has 31 heavy (non-hydrogen) atoms. The maximum absolute atomic E-state index is 13.2. The van der Waals surface area contributed by atoms with Gasteiger partial charge < -0.3 is 19.1 Å². The van der Waals surface area contributed by atoms with Crippen molar-refractivity contribution in [2.75, 3.05) is 40.3 Å². The summed E-state index contributed by atoms with van der Waals surface area (Å²) >= 11 is 1.30. The van der Waals surface area contributed by atoms with Gasteiger partial charge in [0.15, 0.2) is 17.3 Å². The molecule has 0 N–H and O–H groups in total. The molecule has 0 atom stereocenters. The van der Waals surface area contributed by atoms with Crippen LogP contribution in [0.5, 0.6) is 17.2 Å². The number of methoxy groups -OCH3 is 3. The lowest BCUT2D eigenvalue weighted by Gasteiger charge is -2.13. The molecule has 0 saturated heterocycles. The number of rotatable bonds is 6. The quantitative estimate of drug-likeness (QED) is 0.458. The smallest absolute Gasteiger partial charge is 0.276 e. The van der Waals surface area contributed by atoms with E-state index in [1.807, 2.05) is 49.3 Å². The minimum atomic E-state index is -0.176. The second-order valence-electron chi connectivity index (χ2n) is 6.96. The first-order chi connectivity index (χ1) is 15.0. The summed E-state index contributed by atoms with van der Waals surface area (Å²) in [7, 11) is 8.59. The lowest BCUT2D eigenvalue weighted by Crippen LogP contribution is -2.23. The van der Waals surface area contributed by atoms with Crippen molar-refractivity contribution in [2.45, 2.75) is 0 Å². The lowest BCUT2D eigenvalue weighted by molar-refractivity contribution is 0.324. The van der Waals surface area contributed by atoms with E-state index >= 15 is 0 Å². The maximum Gasteiger partial charge on any atom is 0.276 e. The number of nitrogens with zero attached hydrogens (tertiary/aromatic N) is 4. The number of aromatic nitrogens is 3. The monoisotopic (exact) mass is 438 g/mol. The van der Waals surface area contributed by atoms with Gasteiger partial charge in [-0.05, 0) is 35.9 Å². The molecule has 2 heterocycles. The first kappa shape index (κ1) is 20.7. The number of fused-ring (bicyclic) bond motifs is 1. The van der Waals surface area contributed by atoms with Crippen molar-refractivity contribution in [3.8, 4) is 28.6 Å². The molecule has 0 unspecified atom stereocenters. The summed E-state index contributed by atoms with van der Waals surface area (Å²) in [5, 5.41) is 8.42. The number of benzene rings is 2. The molecule has 8 nitrogen and oxygen atoms in total. The third kappa shape index (κ3) is 3.68. The molecule has 160 valence electrons. The predicted molar refractivity (Wildman–Crippen MR) is 122 cm³/mol. The Balaban J connectivity index is 1.84. The van der Waals surface area contributed by atoms with Gasteiger partial charge in [-0.1, -0.05) is 23.5 Å². The Labute approximate surface area is 182 Å². The molecule has 2 aromatic heterocycles. The van der Waals surface area contributed by atoms with E-state index in [-0.39, 0.29) is 5.56 Å². The fraction of sp³-hybridized carbons (Fsp3) is 0.227. The van der Waals surface area contributed by atoms with Gasteiger partial charge in [0, 0.05) is 25.3 Å². The second kappa shape index (κ2) is 8.27. The van der Waals surface area contributed by atoms with E-state index in [0.717, 1.165) is 11.3 Å². The standard InChI is InChI=1S/C22H22N4O4S/c1-25(2)15-8-6-13(7-9-15)10-18-21(27)26-20(23-24-22(26)31-18)14-11-16(28-3)19(30-5)17(12-14)29-4/h6-12H,1-5H3/b18-10-. The van der Waals surface area contributed by atoms with E-state index in [1.165, 1.54) is 22.8 Å². The highest BCUT2D eigenvalue weighted by Crippen LogP contribution is 2.40. The van der Waals surface area contributed by atoms with E-state index in [2.05, 4.69) is 10.2 Å². The Kier molecular flexibility index (Phi) is 5.51. The summed E-state index contributed by atoms with van der Waals surface area (Å²) in [4.78, 5) is 15.7. The largest absolute Gasteiger partial charge is 0.493 e. The summed E-state index contributed by atoms with van der Waals surface area (Å²) in [6.45, 7) is 0. The highest BCUT2D eigenvalue weighted by molar-refractivity contribution is 7.15. The van der Waals surface area contributed by atoms with Gasteiger partial charge in [0.1, 0.15) is 0 Å². The van der Waals surface area contributed by atoms with E-state index in [0.29, 0.717) is 38.1 Å². The number of hydrogen-bond acceptors (Lipinski definition) is 8. The molecular formula is C22H22N4O4S. The van der Waals surface area contributed by atoms with Crippen LogP contribution in [0.2, 0.25) is 0 Å². The second-order valence-corrected chi connectivity index (χ2v) is 7.97. The number of thiazole rings is 1. The van der Waals surface area contributed by atoms with Crippen LogP contribution in [0, 0.1) is 0 Å². The zero-order valence-electron chi connectivity index (χ0n) is 17.9. The molecule has 9 heteroatoms. The van der Waals surface area contributed by atoms with E-state index in [1.54, 1.807) is 26.4 Å². The average molecular weight is 439 g/mol. The van der Waals surface area contributed by atoms with Crippen LogP contribution in [-0.4, -0.2) is 50.0 Å². The van der Waals surface area contributed by atoms with Crippen LogP contribution < -0.4 is 29.2 Å². The van der Waals surface area contributed by atoms with Gasteiger partial charge >= 0.3 is 0 Å². The molecular weight excluding hydrogens is 416 g/mol. The van der Waals surface area contributed by atoms with Crippen molar-refractivity contribution in [3.05, 3.63) is 56.8 Å². The highest BCUT2D eigenvalue weighted by atomic mass is 32.1. The number of anilines is 1. The number of ether oxygens (including phenoxy) is 3. The molecule has 0 bridgehead atoms. The predicted octanol–water partition coefficient (Wildman–Crippen LogP) is 2.46. The van der Waals surface area contributed by atoms with Crippen molar-refractivity contribution >= 4 is 28.1 Å². The van der Waals surface area contributed by atoms with Crippen molar-refractivity contribution in [1.29, 1.82) is 0 Å². The average Bonchev–Trinajstić information content (AvgIpc) is 3.33. The van der Waals surface area contributed by atoms with Crippen LogP contribution >= 0.6 is 11.3 Å². The summed E-state index contributed by atoms with van der Waals surface area (Å²) in [6.07, 6.45) is 1.86. The molecule has 4 aromatic rings. The van der Waals surface area contributed by atoms with Crippen LogP contribution in [-0.2, 0) is 0 Å². The molecule has 2 aromatic carbocycles. The minimum Gasteiger partial charge on any atom is -0.493 e. The molecule has 4 rings (SSSR count). The summed E-state index contributed by atoms with van der Waals surface area (Å²) in [5.74, 6) is 1.84. The van der Waals surface area contributed by atoms with Crippen LogP contribution in [0.4, 0.5) is 5.69 Å². The summed E-state index contributed by atoms with van der Waals surface area (Å²) < 4.78 is 18.3. The first-order valence-corrected chi connectivity index (χ1v) is 10.3. The van der Waals surface area contributed by atoms with Gasteiger partial charge in [-0.3, -0.25) is 4.79 Å². The Hall–Kier alpha value is -3.59. The van der Waals surface area contributed by atoms with Gasteiger partial charge in [-0.25, -0.2) is 4.40 Å². The van der Waals surface area contributed by atoms with Gasteiger partial charge in [0.25, 0.3) is 5.56 Å². The van der Waals surface area contributed by atoms with Crippen LogP contribution in [0.3, 0.4) is 0 Å². The van der Waals surface area contributed by atoms with E-state index < -0.39 is 0 Å². The van der Waals surface area contributed by atoms with Gasteiger partial charge in [-0.15, -0.1) is 10.2 Å². The molecule has 0 amide bonds. The minimum absolute atomic E-state index is 0.176. The molecule has 0 fully saturated rings. The third-order valence-electron chi connectivity index (χ3n) is 4.88. The van der Waals surface area contributed by atoms with Crippen molar-refractivity contribution < 1.29 is 14.2 Å². The Morgan fingerprint density at radius 1 is 0.968 bits per heavy atom. The summed E-state index contributed by atoms with van der Waals surface area (Å²) in [5.41, 5.74) is 2.49. The molecule has 0 spiro atoms. The topological polar surface area (TPSA) is 78.2 Å². The van der Waals surface area contributed by atoms with Crippen molar-refractivity contribution in [1.82, 2.24) is 14.6 Å². The van der Waals surface area contributed by atoms with Crippen molar-refractivity contribution in [3.63, 3.8) is 0 Å². The van der Waals surface area contributed by atoms with Gasteiger partial charge in [0.05, 0.1) is 25.9 Å². The summed E-state index contributed by atoms with van der Waals surface area (Å²) in [6, 6.07) is 11.5. The molecule has 0 saturated carbocycles. The third-order valence-corrected chi connectivity index (χ3v) is 5.84. The molecule has 0 aliphatic carbocycles. The lowest BCUT2D eigenvalue weighted by atomic mass is 10.1. The number of hydrogen-bond donors (Lipinski definition) is 0.